The van der Waals surface area contributed by atoms with Crippen molar-refractivity contribution in [1.82, 2.24) is 4.31 Å². The van der Waals surface area contributed by atoms with E-state index in [4.69, 9.17) is 16.3 Å². The lowest BCUT2D eigenvalue weighted by atomic mass is 10.2. The Morgan fingerprint density at radius 3 is 2.43 bits per heavy atom. The summed E-state index contributed by atoms with van der Waals surface area (Å²) in [6.07, 6.45) is 1.25. The molecule has 2 saturated heterocycles. The van der Waals surface area contributed by atoms with Crippen LogP contribution in [0.15, 0.2) is 17.0 Å². The molecule has 21 heavy (non-hydrogen) atoms. The molecule has 0 saturated carbocycles. The van der Waals surface area contributed by atoms with Crippen molar-refractivity contribution in [3.8, 4) is 0 Å². The number of morpholine rings is 1. The van der Waals surface area contributed by atoms with E-state index in [-0.39, 0.29) is 36.7 Å². The van der Waals surface area contributed by atoms with Gasteiger partial charge in [-0.3, -0.25) is 0 Å². The molecule has 2 heterocycles. The zero-order valence-electron chi connectivity index (χ0n) is 11.1. The Balaban J connectivity index is 2.00. The third kappa shape index (κ3) is 2.67. The van der Waals surface area contributed by atoms with E-state index >= 15 is 0 Å². The number of alkyl halides is 1. The maximum absolute atomic E-state index is 13.9. The maximum atomic E-state index is 13.9. The Labute approximate surface area is 126 Å². The summed E-state index contributed by atoms with van der Waals surface area (Å²) in [6.45, 7) is 0.343. The number of benzene rings is 1. The van der Waals surface area contributed by atoms with Crippen molar-refractivity contribution >= 4 is 21.6 Å². The molecule has 8 heteroatoms. The van der Waals surface area contributed by atoms with Gasteiger partial charge in [0, 0.05) is 19.0 Å². The summed E-state index contributed by atoms with van der Waals surface area (Å²) in [7, 11) is -4.09. The Morgan fingerprint density at radius 2 is 1.86 bits per heavy atom. The second-order valence-corrected chi connectivity index (χ2v) is 7.48. The van der Waals surface area contributed by atoms with Crippen LogP contribution in [-0.2, 0) is 20.6 Å². The Morgan fingerprint density at radius 1 is 1.24 bits per heavy atom. The fraction of sp³-hybridized carbons (Fsp3) is 0.538. The molecule has 116 valence electrons. The van der Waals surface area contributed by atoms with Crippen molar-refractivity contribution in [2.24, 2.45) is 0 Å². The highest BCUT2D eigenvalue weighted by atomic mass is 35.5. The molecule has 0 radical (unpaired) electrons. The molecule has 2 unspecified atom stereocenters. The van der Waals surface area contributed by atoms with E-state index in [2.05, 4.69) is 0 Å². The summed E-state index contributed by atoms with van der Waals surface area (Å²) in [5, 5.41) is 0. The van der Waals surface area contributed by atoms with E-state index in [1.807, 2.05) is 0 Å². The van der Waals surface area contributed by atoms with Crippen LogP contribution in [-0.4, -0.2) is 38.0 Å². The molecule has 3 rings (SSSR count). The van der Waals surface area contributed by atoms with Gasteiger partial charge >= 0.3 is 0 Å². The van der Waals surface area contributed by atoms with Crippen LogP contribution in [0.4, 0.5) is 8.78 Å². The van der Waals surface area contributed by atoms with Gasteiger partial charge in [-0.25, -0.2) is 17.2 Å². The average Bonchev–Trinajstić information content (AvgIpc) is 2.79. The zero-order valence-corrected chi connectivity index (χ0v) is 12.6. The summed E-state index contributed by atoms with van der Waals surface area (Å²) in [5.74, 6) is -2.65. The standard InChI is InChI=1S/C13H14ClF2NO3S/c14-5-8-3-11(15)13(16)12(4-8)21(18,19)17-6-9-1-2-10(7-17)20-9/h3-4,9-10H,1-2,5-7H2. The lowest BCUT2D eigenvalue weighted by Crippen LogP contribution is -2.45. The van der Waals surface area contributed by atoms with Crippen molar-refractivity contribution < 1.29 is 21.9 Å². The summed E-state index contributed by atoms with van der Waals surface area (Å²) < 4.78 is 59.3. The highest BCUT2D eigenvalue weighted by Gasteiger charge is 2.40. The predicted octanol–water partition coefficient (Wildman–Crippen LogP) is 2.26. The van der Waals surface area contributed by atoms with E-state index in [1.165, 1.54) is 4.31 Å². The molecule has 2 atom stereocenters. The number of hydrogen-bond acceptors (Lipinski definition) is 3. The normalized spacial score (nSPS) is 26.2. The van der Waals surface area contributed by atoms with Gasteiger partial charge in [-0.2, -0.15) is 4.31 Å². The monoisotopic (exact) mass is 337 g/mol. The molecule has 4 nitrogen and oxygen atoms in total. The van der Waals surface area contributed by atoms with Crippen molar-refractivity contribution in [3.05, 3.63) is 29.3 Å². The minimum absolute atomic E-state index is 0.0892. The van der Waals surface area contributed by atoms with Crippen LogP contribution in [0.5, 0.6) is 0 Å². The first-order valence-electron chi connectivity index (χ1n) is 6.61. The minimum Gasteiger partial charge on any atom is -0.372 e. The van der Waals surface area contributed by atoms with Crippen molar-refractivity contribution in [2.75, 3.05) is 13.1 Å². The second kappa shape index (κ2) is 5.46. The van der Waals surface area contributed by atoms with Crippen LogP contribution >= 0.6 is 11.6 Å². The number of fused-ring (bicyclic) bond motifs is 2. The highest BCUT2D eigenvalue weighted by Crippen LogP contribution is 2.31. The van der Waals surface area contributed by atoms with Crippen LogP contribution in [0.25, 0.3) is 0 Å². The lowest BCUT2D eigenvalue weighted by Gasteiger charge is -2.31. The van der Waals surface area contributed by atoms with E-state index in [0.717, 1.165) is 25.0 Å². The fourth-order valence-corrected chi connectivity index (χ4v) is 4.58. The van der Waals surface area contributed by atoms with Gasteiger partial charge in [-0.15, -0.1) is 11.6 Å². The molecule has 1 aromatic carbocycles. The van der Waals surface area contributed by atoms with Gasteiger partial charge < -0.3 is 4.74 Å². The van der Waals surface area contributed by atoms with E-state index < -0.39 is 26.6 Å². The smallest absolute Gasteiger partial charge is 0.246 e. The summed E-state index contributed by atoms with van der Waals surface area (Å²) in [5.41, 5.74) is 0.227. The maximum Gasteiger partial charge on any atom is 0.246 e. The molecular formula is C13H14ClF2NO3S. The molecular weight excluding hydrogens is 324 g/mol. The molecule has 0 amide bonds. The van der Waals surface area contributed by atoms with E-state index in [9.17, 15) is 17.2 Å². The quantitative estimate of drug-likeness (QED) is 0.795. The van der Waals surface area contributed by atoms with Crippen LogP contribution in [0, 0.1) is 11.6 Å². The summed E-state index contributed by atoms with van der Waals surface area (Å²) in [6, 6.07) is 2.00. The highest BCUT2D eigenvalue weighted by molar-refractivity contribution is 7.89. The van der Waals surface area contributed by atoms with Crippen LogP contribution < -0.4 is 0 Å². The van der Waals surface area contributed by atoms with Gasteiger partial charge in [0.05, 0.1) is 12.2 Å². The number of rotatable bonds is 3. The number of ether oxygens (including phenoxy) is 1. The Bertz CT molecular complexity index is 656. The molecule has 0 spiro atoms. The second-order valence-electron chi connectivity index (χ2n) is 5.30. The number of halogens is 3. The molecule has 0 aliphatic carbocycles. The van der Waals surface area contributed by atoms with Crippen LogP contribution in [0.2, 0.25) is 0 Å². The largest absolute Gasteiger partial charge is 0.372 e. The van der Waals surface area contributed by atoms with Crippen LogP contribution in [0.1, 0.15) is 18.4 Å². The van der Waals surface area contributed by atoms with Gasteiger partial charge in [0.25, 0.3) is 0 Å². The number of sulfonamides is 1. The number of hydrogen-bond donors (Lipinski definition) is 0. The topological polar surface area (TPSA) is 46.6 Å². The SMILES string of the molecule is O=S(=O)(c1cc(CCl)cc(F)c1F)N1CC2CCC(C1)O2. The van der Waals surface area contributed by atoms with Crippen molar-refractivity contribution in [1.29, 1.82) is 0 Å². The third-order valence-electron chi connectivity index (χ3n) is 3.84. The first kappa shape index (κ1) is 15.1. The first-order valence-corrected chi connectivity index (χ1v) is 8.58. The van der Waals surface area contributed by atoms with Gasteiger partial charge in [0.1, 0.15) is 4.90 Å². The Kier molecular flexibility index (Phi) is 3.94. The lowest BCUT2D eigenvalue weighted by molar-refractivity contribution is -0.0115. The van der Waals surface area contributed by atoms with Gasteiger partial charge in [-0.05, 0) is 30.5 Å². The molecule has 0 aromatic heterocycles. The van der Waals surface area contributed by atoms with E-state index in [1.54, 1.807) is 0 Å². The fourth-order valence-electron chi connectivity index (χ4n) is 2.79. The van der Waals surface area contributed by atoms with E-state index in [0.29, 0.717) is 0 Å². The van der Waals surface area contributed by atoms with Crippen molar-refractivity contribution in [2.45, 2.75) is 35.8 Å². The molecule has 2 aliphatic heterocycles. The molecule has 0 N–H and O–H groups in total. The molecule has 2 fully saturated rings. The molecule has 2 aliphatic rings. The van der Waals surface area contributed by atoms with Crippen LogP contribution in [0.3, 0.4) is 0 Å². The van der Waals surface area contributed by atoms with Gasteiger partial charge in [0.2, 0.25) is 10.0 Å². The number of nitrogens with zero attached hydrogens (tertiary/aromatic N) is 1. The molecule has 2 bridgehead atoms. The molecule has 1 aromatic rings. The van der Waals surface area contributed by atoms with Crippen molar-refractivity contribution in [3.63, 3.8) is 0 Å². The predicted molar refractivity (Wildman–Crippen MR) is 72.6 cm³/mol. The third-order valence-corrected chi connectivity index (χ3v) is 5.98. The first-order chi connectivity index (χ1) is 9.91. The Hall–Kier alpha value is -0.760. The minimum atomic E-state index is -4.09. The van der Waals surface area contributed by atoms with Gasteiger partial charge in [-0.1, -0.05) is 0 Å². The average molecular weight is 338 g/mol. The van der Waals surface area contributed by atoms with Gasteiger partial charge in [0.15, 0.2) is 11.6 Å². The summed E-state index contributed by atoms with van der Waals surface area (Å²) in [4.78, 5) is -0.653. The summed E-state index contributed by atoms with van der Waals surface area (Å²) >= 11 is 5.60. The zero-order chi connectivity index (χ0) is 15.2.